The monoisotopic (exact) mass is 146 g/mol. The van der Waals surface area contributed by atoms with E-state index in [0.29, 0.717) is 10.7 Å². The maximum Gasteiger partial charge on any atom is 0.0771 e. The highest BCUT2D eigenvalue weighted by atomic mass is 35.5. The molecule has 52 valence electrons. The minimum atomic E-state index is 0.221. The zero-order chi connectivity index (χ0) is 7.44. The quantitative estimate of drug-likeness (QED) is 0.573. The van der Waals surface area contributed by atoms with Gasteiger partial charge in [-0.1, -0.05) is 25.4 Å². The highest BCUT2D eigenvalue weighted by Crippen LogP contribution is 2.09. The maximum atomic E-state index is 6.74. The molecule has 0 aliphatic heterocycles. The first-order valence-corrected chi connectivity index (χ1v) is 3.13. The third kappa shape index (κ3) is 2.51. The molecule has 0 spiro atoms. The summed E-state index contributed by atoms with van der Waals surface area (Å²) in [7, 11) is 0. The van der Waals surface area contributed by atoms with Crippen LogP contribution >= 0.6 is 11.6 Å². The van der Waals surface area contributed by atoms with Gasteiger partial charge in [-0.25, -0.2) is 0 Å². The molecular weight excluding hydrogens is 136 g/mol. The molecule has 0 aromatic heterocycles. The molecule has 9 heavy (non-hydrogen) atoms. The van der Waals surface area contributed by atoms with Crippen molar-refractivity contribution in [2.45, 2.75) is 13.8 Å². The molecule has 0 fully saturated rings. The summed E-state index contributed by atoms with van der Waals surface area (Å²) in [5.41, 5.74) is 6.04. The molecule has 0 aromatic carbocycles. The van der Waals surface area contributed by atoms with Gasteiger partial charge in [-0.05, 0) is 5.92 Å². The average Bonchev–Trinajstić information content (AvgIpc) is 1.84. The summed E-state index contributed by atoms with van der Waals surface area (Å²) in [4.78, 5) is 0. The zero-order valence-corrected chi connectivity index (χ0v) is 6.37. The Morgan fingerprint density at radius 1 is 1.67 bits per heavy atom. The summed E-state index contributed by atoms with van der Waals surface area (Å²) < 4.78 is 0. The molecule has 3 N–H and O–H groups in total. The number of nitrogens with one attached hydrogen (secondary N) is 1. The lowest BCUT2D eigenvalue weighted by Crippen LogP contribution is -2.07. The van der Waals surface area contributed by atoms with Gasteiger partial charge in [-0.2, -0.15) is 0 Å². The van der Waals surface area contributed by atoms with E-state index in [1.54, 1.807) is 0 Å². The lowest BCUT2D eigenvalue weighted by Gasteiger charge is -2.04. The molecule has 0 aliphatic carbocycles. The second-order valence-corrected chi connectivity index (χ2v) is 2.51. The van der Waals surface area contributed by atoms with Crippen LogP contribution in [0.1, 0.15) is 13.8 Å². The fourth-order valence-corrected chi connectivity index (χ4v) is 0.577. The summed E-state index contributed by atoms with van der Waals surface area (Å²) in [6.45, 7) is 3.86. The molecule has 0 aliphatic rings. The third-order valence-electron chi connectivity index (χ3n) is 1.02. The molecule has 0 heterocycles. The van der Waals surface area contributed by atoms with Crippen molar-refractivity contribution in [2.24, 2.45) is 11.7 Å². The highest BCUT2D eigenvalue weighted by Gasteiger charge is 2.00. The fraction of sp³-hybridized carbons (Fsp3) is 0.500. The van der Waals surface area contributed by atoms with Gasteiger partial charge in [0.1, 0.15) is 0 Å². The molecule has 0 saturated heterocycles. The van der Waals surface area contributed by atoms with E-state index < -0.39 is 0 Å². The average molecular weight is 147 g/mol. The molecule has 2 nitrogen and oxygen atoms in total. The number of rotatable bonds is 2. The Kier molecular flexibility index (Phi) is 3.32. The van der Waals surface area contributed by atoms with Crippen molar-refractivity contribution < 1.29 is 0 Å². The van der Waals surface area contributed by atoms with Crippen molar-refractivity contribution in [1.82, 2.24) is 0 Å². The van der Waals surface area contributed by atoms with Crippen LogP contribution in [0, 0.1) is 11.3 Å². The predicted molar refractivity (Wildman–Crippen MR) is 40.7 cm³/mol. The standard InChI is InChI=1S/C6H11ClN2/c1-4(2)6(9)5(7)3-8/h3-4,8H,9H2,1-2H3/b6-5+,8-3?. The van der Waals surface area contributed by atoms with Crippen LogP contribution in [0.3, 0.4) is 0 Å². The molecular formula is C6H11ClN2. The van der Waals surface area contributed by atoms with E-state index in [1.165, 1.54) is 0 Å². The molecule has 0 aromatic rings. The Labute approximate surface area is 60.2 Å². The Morgan fingerprint density at radius 2 is 2.11 bits per heavy atom. The van der Waals surface area contributed by atoms with Gasteiger partial charge in [0.15, 0.2) is 0 Å². The molecule has 0 atom stereocenters. The van der Waals surface area contributed by atoms with Gasteiger partial charge >= 0.3 is 0 Å². The van der Waals surface area contributed by atoms with Crippen molar-refractivity contribution in [3.8, 4) is 0 Å². The lowest BCUT2D eigenvalue weighted by atomic mass is 10.1. The topological polar surface area (TPSA) is 49.9 Å². The largest absolute Gasteiger partial charge is 0.401 e. The second-order valence-electron chi connectivity index (χ2n) is 2.10. The number of allylic oxidation sites excluding steroid dienone is 2. The predicted octanol–water partition coefficient (Wildman–Crippen LogP) is 1.70. The van der Waals surface area contributed by atoms with Crippen molar-refractivity contribution in [3.63, 3.8) is 0 Å². The number of hydrogen-bond acceptors (Lipinski definition) is 2. The number of halogens is 1. The molecule has 0 amide bonds. The van der Waals surface area contributed by atoms with E-state index in [9.17, 15) is 0 Å². The van der Waals surface area contributed by atoms with Gasteiger partial charge in [0.2, 0.25) is 0 Å². The zero-order valence-electron chi connectivity index (χ0n) is 5.61. The van der Waals surface area contributed by atoms with E-state index in [1.807, 2.05) is 13.8 Å². The van der Waals surface area contributed by atoms with Crippen molar-refractivity contribution >= 4 is 17.8 Å². The van der Waals surface area contributed by atoms with Gasteiger partial charge in [-0.15, -0.1) is 0 Å². The van der Waals surface area contributed by atoms with E-state index in [2.05, 4.69) is 0 Å². The van der Waals surface area contributed by atoms with Crippen LogP contribution in [0.5, 0.6) is 0 Å². The van der Waals surface area contributed by atoms with Crippen LogP contribution in [-0.2, 0) is 0 Å². The summed E-state index contributed by atoms with van der Waals surface area (Å²) in [5.74, 6) is 0.221. The van der Waals surface area contributed by atoms with Gasteiger partial charge in [0.05, 0.1) is 5.03 Å². The first-order chi connectivity index (χ1) is 4.09. The summed E-state index contributed by atoms with van der Waals surface area (Å²) in [6, 6.07) is 0. The van der Waals surface area contributed by atoms with Crippen LogP contribution in [0.15, 0.2) is 10.7 Å². The Balaban J connectivity index is 4.27. The lowest BCUT2D eigenvalue weighted by molar-refractivity contribution is 0.756. The van der Waals surface area contributed by atoms with Crippen LogP contribution in [0.25, 0.3) is 0 Å². The Bertz CT molecular complexity index is 138. The van der Waals surface area contributed by atoms with E-state index >= 15 is 0 Å². The third-order valence-corrected chi connectivity index (χ3v) is 1.35. The van der Waals surface area contributed by atoms with Crippen LogP contribution in [0.4, 0.5) is 0 Å². The first kappa shape index (κ1) is 8.50. The molecule has 0 rings (SSSR count). The Morgan fingerprint density at radius 3 is 2.22 bits per heavy atom. The van der Waals surface area contributed by atoms with Gasteiger partial charge in [0, 0.05) is 11.9 Å². The molecule has 0 unspecified atom stereocenters. The molecule has 3 heteroatoms. The summed E-state index contributed by atoms with van der Waals surface area (Å²) in [6.07, 6.45) is 1.05. The maximum absolute atomic E-state index is 6.74. The van der Waals surface area contributed by atoms with Crippen molar-refractivity contribution in [2.75, 3.05) is 0 Å². The van der Waals surface area contributed by atoms with Crippen LogP contribution < -0.4 is 5.73 Å². The Hall–Kier alpha value is -0.500. The minimum absolute atomic E-state index is 0.221. The normalized spacial score (nSPS) is 13.3. The van der Waals surface area contributed by atoms with E-state index in [-0.39, 0.29) is 5.92 Å². The minimum Gasteiger partial charge on any atom is -0.401 e. The smallest absolute Gasteiger partial charge is 0.0771 e. The second kappa shape index (κ2) is 3.51. The van der Waals surface area contributed by atoms with Gasteiger partial charge in [-0.3, -0.25) is 0 Å². The number of hydrogen-bond donors (Lipinski definition) is 2. The fourth-order valence-electron chi connectivity index (χ4n) is 0.359. The van der Waals surface area contributed by atoms with Crippen LogP contribution in [0.2, 0.25) is 0 Å². The molecule has 0 bridgehead atoms. The SMILES string of the molecule is CC(C)/C(N)=C(\Cl)C=N. The highest BCUT2D eigenvalue weighted by molar-refractivity contribution is 6.39. The summed E-state index contributed by atoms with van der Waals surface area (Å²) in [5, 5.41) is 7.08. The molecule has 0 radical (unpaired) electrons. The summed E-state index contributed by atoms with van der Waals surface area (Å²) >= 11 is 5.52. The molecule has 0 saturated carbocycles. The van der Waals surface area contributed by atoms with Crippen LogP contribution in [-0.4, -0.2) is 6.21 Å². The van der Waals surface area contributed by atoms with Crippen molar-refractivity contribution in [1.29, 1.82) is 5.41 Å². The van der Waals surface area contributed by atoms with Crippen molar-refractivity contribution in [3.05, 3.63) is 10.7 Å². The first-order valence-electron chi connectivity index (χ1n) is 2.75. The van der Waals surface area contributed by atoms with Gasteiger partial charge < -0.3 is 11.1 Å². The number of nitrogens with two attached hydrogens (primary N) is 1. The van der Waals surface area contributed by atoms with E-state index in [0.717, 1.165) is 6.21 Å². The van der Waals surface area contributed by atoms with Gasteiger partial charge in [0.25, 0.3) is 0 Å². The van der Waals surface area contributed by atoms with E-state index in [4.69, 9.17) is 22.7 Å².